The molecule has 1 fully saturated rings. The van der Waals surface area contributed by atoms with Gasteiger partial charge in [0.1, 0.15) is 6.10 Å². The van der Waals surface area contributed by atoms with Crippen molar-refractivity contribution in [2.45, 2.75) is 51.6 Å². The Balaban J connectivity index is 1.95. The van der Waals surface area contributed by atoms with Crippen LogP contribution in [0.5, 0.6) is 0 Å². The van der Waals surface area contributed by atoms with Crippen molar-refractivity contribution in [2.24, 2.45) is 5.92 Å². The summed E-state index contributed by atoms with van der Waals surface area (Å²) < 4.78 is 5.64. The molecular formula is C16H23NO2. The van der Waals surface area contributed by atoms with Crippen LogP contribution in [0.4, 0.5) is 5.69 Å². The van der Waals surface area contributed by atoms with E-state index in [0.717, 1.165) is 24.8 Å². The molecule has 0 amide bonds. The number of nitrogens with two attached hydrogens (primary N) is 1. The van der Waals surface area contributed by atoms with E-state index in [1.54, 1.807) is 0 Å². The molecule has 0 heterocycles. The minimum atomic E-state index is -0.249. The van der Waals surface area contributed by atoms with E-state index in [9.17, 15) is 4.79 Å². The van der Waals surface area contributed by atoms with Crippen LogP contribution in [0.2, 0.25) is 0 Å². The van der Waals surface area contributed by atoms with Crippen molar-refractivity contribution < 1.29 is 9.53 Å². The van der Waals surface area contributed by atoms with E-state index >= 15 is 0 Å². The highest BCUT2D eigenvalue weighted by Crippen LogP contribution is 2.28. The second-order valence-corrected chi connectivity index (χ2v) is 5.72. The van der Waals surface area contributed by atoms with Crippen molar-refractivity contribution in [2.75, 3.05) is 5.73 Å². The molecule has 0 aromatic heterocycles. The lowest BCUT2D eigenvalue weighted by atomic mass is 9.88. The lowest BCUT2D eigenvalue weighted by Crippen LogP contribution is -2.26. The van der Waals surface area contributed by atoms with Crippen LogP contribution in [0.25, 0.3) is 0 Å². The molecule has 0 bridgehead atoms. The molecule has 3 heteroatoms. The number of rotatable bonds is 3. The molecule has 1 saturated carbocycles. The third kappa shape index (κ3) is 3.72. The number of carbonyl (C=O) groups is 1. The summed E-state index contributed by atoms with van der Waals surface area (Å²) in [5.74, 6) is 0.277. The summed E-state index contributed by atoms with van der Waals surface area (Å²) in [5, 5.41) is 0. The van der Waals surface area contributed by atoms with Gasteiger partial charge in [-0.05, 0) is 49.8 Å². The first-order valence-corrected chi connectivity index (χ1v) is 7.12. The average Bonchev–Trinajstić information content (AvgIpc) is 2.38. The summed E-state index contributed by atoms with van der Waals surface area (Å²) in [4.78, 5) is 12.2. The van der Waals surface area contributed by atoms with E-state index in [1.165, 1.54) is 6.42 Å². The van der Waals surface area contributed by atoms with Crippen LogP contribution in [-0.4, -0.2) is 12.1 Å². The number of benzene rings is 1. The van der Waals surface area contributed by atoms with Crippen LogP contribution in [0, 0.1) is 5.92 Å². The van der Waals surface area contributed by atoms with Gasteiger partial charge in [0.05, 0.1) is 5.92 Å². The molecule has 0 spiro atoms. The highest BCUT2D eigenvalue weighted by atomic mass is 16.5. The molecule has 0 saturated heterocycles. The summed E-state index contributed by atoms with van der Waals surface area (Å²) in [6.07, 6.45) is 4.50. The Morgan fingerprint density at radius 1 is 1.42 bits per heavy atom. The molecule has 1 aliphatic carbocycles. The van der Waals surface area contributed by atoms with Gasteiger partial charge >= 0.3 is 5.97 Å². The van der Waals surface area contributed by atoms with Gasteiger partial charge in [0.25, 0.3) is 0 Å². The first-order chi connectivity index (χ1) is 9.06. The minimum Gasteiger partial charge on any atom is -0.462 e. The van der Waals surface area contributed by atoms with Gasteiger partial charge < -0.3 is 10.5 Å². The van der Waals surface area contributed by atoms with Gasteiger partial charge in [0.15, 0.2) is 0 Å². The quantitative estimate of drug-likeness (QED) is 0.669. The minimum absolute atomic E-state index is 0.0970. The number of carbonyl (C=O) groups excluding carboxylic acids is 1. The summed E-state index contributed by atoms with van der Waals surface area (Å²) in [5.41, 5.74) is 7.36. The molecule has 3 unspecified atom stereocenters. The molecule has 3 atom stereocenters. The van der Waals surface area contributed by atoms with Crippen LogP contribution in [0.3, 0.4) is 0 Å². The van der Waals surface area contributed by atoms with Crippen LogP contribution in [-0.2, 0) is 9.53 Å². The number of ether oxygens (including phenoxy) is 1. The fourth-order valence-electron chi connectivity index (χ4n) is 2.72. The molecule has 2 rings (SSSR count). The topological polar surface area (TPSA) is 52.3 Å². The van der Waals surface area contributed by atoms with Gasteiger partial charge in [-0.1, -0.05) is 25.5 Å². The van der Waals surface area contributed by atoms with Crippen LogP contribution in [0.1, 0.15) is 51.0 Å². The lowest BCUT2D eigenvalue weighted by Gasteiger charge is -2.27. The van der Waals surface area contributed by atoms with E-state index < -0.39 is 0 Å². The molecular weight excluding hydrogens is 238 g/mol. The predicted molar refractivity (Wildman–Crippen MR) is 76.8 cm³/mol. The number of nitrogen functional groups attached to an aromatic ring is 1. The fraction of sp³-hybridized carbons (Fsp3) is 0.562. The van der Waals surface area contributed by atoms with Gasteiger partial charge in [-0.3, -0.25) is 4.79 Å². The molecule has 1 aliphatic rings. The molecule has 104 valence electrons. The molecule has 19 heavy (non-hydrogen) atoms. The largest absolute Gasteiger partial charge is 0.462 e. The maximum Gasteiger partial charge on any atom is 0.313 e. The summed E-state index contributed by atoms with van der Waals surface area (Å²) >= 11 is 0. The Hall–Kier alpha value is -1.51. The van der Waals surface area contributed by atoms with Crippen LogP contribution >= 0.6 is 0 Å². The fourth-order valence-corrected chi connectivity index (χ4v) is 2.72. The molecule has 1 aromatic rings. The number of hydrogen-bond donors (Lipinski definition) is 1. The highest BCUT2D eigenvalue weighted by Gasteiger charge is 2.25. The zero-order chi connectivity index (χ0) is 13.8. The van der Waals surface area contributed by atoms with Crippen molar-refractivity contribution in [1.29, 1.82) is 0 Å². The van der Waals surface area contributed by atoms with E-state index in [0.29, 0.717) is 11.6 Å². The third-order valence-electron chi connectivity index (χ3n) is 3.94. The smallest absolute Gasteiger partial charge is 0.313 e. The van der Waals surface area contributed by atoms with Gasteiger partial charge in [-0.25, -0.2) is 0 Å². The van der Waals surface area contributed by atoms with E-state index in [-0.39, 0.29) is 18.0 Å². The molecule has 0 radical (unpaired) electrons. The van der Waals surface area contributed by atoms with Crippen LogP contribution in [0.15, 0.2) is 24.3 Å². The number of esters is 1. The second-order valence-electron chi connectivity index (χ2n) is 5.72. The van der Waals surface area contributed by atoms with Crippen molar-refractivity contribution in [3.8, 4) is 0 Å². The second kappa shape index (κ2) is 6.09. The average molecular weight is 261 g/mol. The molecule has 2 N–H and O–H groups in total. The number of anilines is 1. The zero-order valence-electron chi connectivity index (χ0n) is 11.8. The monoisotopic (exact) mass is 261 g/mol. The third-order valence-corrected chi connectivity index (χ3v) is 3.94. The molecule has 1 aromatic carbocycles. The van der Waals surface area contributed by atoms with E-state index in [4.69, 9.17) is 10.5 Å². The van der Waals surface area contributed by atoms with Crippen molar-refractivity contribution in [3.63, 3.8) is 0 Å². The SMILES string of the molecule is CC1CCCC(OC(=O)C(C)c2cccc(N)c2)C1. The van der Waals surface area contributed by atoms with Crippen molar-refractivity contribution >= 4 is 11.7 Å². The maximum atomic E-state index is 12.2. The first kappa shape index (κ1) is 13.9. The Bertz CT molecular complexity index is 444. The highest BCUT2D eigenvalue weighted by molar-refractivity contribution is 5.78. The van der Waals surface area contributed by atoms with Gasteiger partial charge in [0, 0.05) is 5.69 Å². The standard InChI is InChI=1S/C16H23NO2/c1-11-5-3-8-15(9-11)19-16(18)12(2)13-6-4-7-14(17)10-13/h4,6-7,10-12,15H,3,5,8-9,17H2,1-2H3. The van der Waals surface area contributed by atoms with Gasteiger partial charge in [0.2, 0.25) is 0 Å². The molecule has 3 nitrogen and oxygen atoms in total. The Morgan fingerprint density at radius 3 is 2.89 bits per heavy atom. The number of hydrogen-bond acceptors (Lipinski definition) is 3. The van der Waals surface area contributed by atoms with Crippen molar-refractivity contribution in [3.05, 3.63) is 29.8 Å². The summed E-state index contributed by atoms with van der Waals surface area (Å²) in [7, 11) is 0. The van der Waals surface area contributed by atoms with Crippen LogP contribution < -0.4 is 5.73 Å². The summed E-state index contributed by atoms with van der Waals surface area (Å²) in [6.45, 7) is 4.10. The predicted octanol–water partition coefficient (Wildman–Crippen LogP) is 3.49. The van der Waals surface area contributed by atoms with Gasteiger partial charge in [-0.2, -0.15) is 0 Å². The maximum absolute atomic E-state index is 12.2. The van der Waals surface area contributed by atoms with E-state index in [2.05, 4.69) is 6.92 Å². The zero-order valence-corrected chi connectivity index (χ0v) is 11.8. The Morgan fingerprint density at radius 2 is 2.21 bits per heavy atom. The van der Waals surface area contributed by atoms with E-state index in [1.807, 2.05) is 31.2 Å². The Labute approximate surface area is 115 Å². The van der Waals surface area contributed by atoms with Crippen molar-refractivity contribution in [1.82, 2.24) is 0 Å². The first-order valence-electron chi connectivity index (χ1n) is 7.12. The lowest BCUT2D eigenvalue weighted by molar-refractivity contribution is -0.152. The summed E-state index contributed by atoms with van der Waals surface area (Å²) in [6, 6.07) is 7.46. The Kier molecular flexibility index (Phi) is 4.46. The van der Waals surface area contributed by atoms with Gasteiger partial charge in [-0.15, -0.1) is 0 Å². The normalized spacial score (nSPS) is 24.7. The molecule has 0 aliphatic heterocycles.